The molecule has 1 aromatic heterocycles. The van der Waals surface area contributed by atoms with Crippen LogP contribution >= 0.6 is 0 Å². The highest BCUT2D eigenvalue weighted by Gasteiger charge is 2.03. The van der Waals surface area contributed by atoms with Gasteiger partial charge in [0.05, 0.1) is 5.69 Å². The van der Waals surface area contributed by atoms with Crippen molar-refractivity contribution in [2.24, 2.45) is 7.05 Å². The molecule has 134 valence electrons. The lowest BCUT2D eigenvalue weighted by atomic mass is 10.1. The van der Waals surface area contributed by atoms with E-state index in [1.165, 1.54) is 11.8 Å². The van der Waals surface area contributed by atoms with Crippen molar-refractivity contribution < 1.29 is 0 Å². The van der Waals surface area contributed by atoms with Crippen molar-refractivity contribution in [2.45, 2.75) is 27.2 Å². The summed E-state index contributed by atoms with van der Waals surface area (Å²) in [5, 5.41) is 10.7. The van der Waals surface area contributed by atoms with Crippen molar-refractivity contribution in [3.63, 3.8) is 0 Å². The van der Waals surface area contributed by atoms with Gasteiger partial charge in [-0.1, -0.05) is 48.1 Å². The number of H-pyrrole nitrogens is 1. The van der Waals surface area contributed by atoms with Crippen LogP contribution in [0.3, 0.4) is 0 Å². The number of aromatic amines is 1. The molecule has 0 aliphatic rings. The predicted octanol–water partition coefficient (Wildman–Crippen LogP) is 3.63. The number of hydrogen-bond donors (Lipinski definition) is 3. The second-order valence-electron chi connectivity index (χ2n) is 5.88. The van der Waals surface area contributed by atoms with Gasteiger partial charge in [-0.3, -0.25) is 4.57 Å². The van der Waals surface area contributed by atoms with Crippen molar-refractivity contribution in [3.05, 3.63) is 75.7 Å². The molecule has 5 nitrogen and oxygen atoms in total. The molecule has 0 spiro atoms. The van der Waals surface area contributed by atoms with Crippen LogP contribution in [0.2, 0.25) is 0 Å². The minimum atomic E-state index is -0.126. The number of allylic oxidation sites excluding steroid dienone is 7. The molecule has 0 unspecified atom stereocenters. The summed E-state index contributed by atoms with van der Waals surface area (Å²) in [4.78, 5) is 14.3. The highest BCUT2D eigenvalue weighted by atomic mass is 16.1. The first-order chi connectivity index (χ1) is 11.9. The van der Waals surface area contributed by atoms with Crippen LogP contribution in [0.25, 0.3) is 6.08 Å². The van der Waals surface area contributed by atoms with Gasteiger partial charge in [0.2, 0.25) is 0 Å². The number of nitrogens with zero attached hydrogens (tertiary/aromatic N) is 1. The van der Waals surface area contributed by atoms with E-state index in [9.17, 15) is 4.79 Å². The van der Waals surface area contributed by atoms with Gasteiger partial charge in [-0.25, -0.2) is 4.79 Å². The van der Waals surface area contributed by atoms with Crippen LogP contribution in [-0.2, 0) is 7.05 Å². The van der Waals surface area contributed by atoms with Crippen molar-refractivity contribution in [3.8, 4) is 0 Å². The van der Waals surface area contributed by atoms with Gasteiger partial charge in [0.15, 0.2) is 0 Å². The van der Waals surface area contributed by atoms with Crippen LogP contribution in [-0.4, -0.2) is 22.3 Å². The van der Waals surface area contributed by atoms with Gasteiger partial charge in [-0.2, -0.15) is 0 Å². The summed E-state index contributed by atoms with van der Waals surface area (Å²) in [5.74, 6) is 0. The number of nitrogens with one attached hydrogen (secondary N) is 3. The highest BCUT2D eigenvalue weighted by molar-refractivity contribution is 5.75. The van der Waals surface area contributed by atoms with Gasteiger partial charge < -0.3 is 15.7 Å². The molecule has 3 N–H and O–H groups in total. The number of imidazole rings is 1. The SMILES string of the molecule is C=C(/C=C\c1[nH]c(=O)n(C)c1C)C/C=C(\C=N)NC/C(C)=C/C=C\C. The summed E-state index contributed by atoms with van der Waals surface area (Å²) in [5.41, 5.74) is 4.38. The van der Waals surface area contributed by atoms with Crippen LogP contribution in [0.1, 0.15) is 31.7 Å². The second kappa shape index (κ2) is 10.1. The van der Waals surface area contributed by atoms with Gasteiger partial charge >= 0.3 is 5.69 Å². The first-order valence-corrected chi connectivity index (χ1v) is 8.23. The Labute approximate surface area is 149 Å². The summed E-state index contributed by atoms with van der Waals surface area (Å²) in [6.07, 6.45) is 13.6. The van der Waals surface area contributed by atoms with Crippen LogP contribution < -0.4 is 11.0 Å². The molecule has 1 rings (SSSR count). The lowest BCUT2D eigenvalue weighted by molar-refractivity contribution is 0.830. The predicted molar refractivity (Wildman–Crippen MR) is 107 cm³/mol. The van der Waals surface area contributed by atoms with Gasteiger partial charge in [0, 0.05) is 31.2 Å². The number of rotatable bonds is 9. The molecule has 25 heavy (non-hydrogen) atoms. The molecule has 0 radical (unpaired) electrons. The van der Waals surface area contributed by atoms with Crippen LogP contribution in [0, 0.1) is 12.3 Å². The number of aromatic nitrogens is 2. The standard InChI is InChI=1S/C20H28N4O/c1-6-7-8-16(3)14-22-18(13-21)11-9-15(2)10-12-19-17(4)24(5)20(25)23-19/h6-8,10-13,21-22H,2,9,14H2,1,3-5H3,(H,23,25)/b7-6-,12-10-,16-8+,18-11+,21-13?. The van der Waals surface area contributed by atoms with Crippen molar-refractivity contribution in [1.82, 2.24) is 14.9 Å². The maximum Gasteiger partial charge on any atom is 0.325 e. The molecule has 0 aliphatic heterocycles. The first kappa shape index (κ1) is 20.2. The van der Waals surface area contributed by atoms with E-state index in [-0.39, 0.29) is 5.69 Å². The van der Waals surface area contributed by atoms with Gasteiger partial charge in [-0.05, 0) is 33.3 Å². The molecule has 0 aromatic carbocycles. The van der Waals surface area contributed by atoms with E-state index < -0.39 is 0 Å². The Morgan fingerprint density at radius 3 is 2.72 bits per heavy atom. The molecule has 1 heterocycles. The van der Waals surface area contributed by atoms with Crippen LogP contribution in [0.15, 0.2) is 58.6 Å². The molecule has 0 saturated heterocycles. The van der Waals surface area contributed by atoms with Crippen LogP contribution in [0.4, 0.5) is 0 Å². The maximum atomic E-state index is 11.6. The van der Waals surface area contributed by atoms with E-state index >= 15 is 0 Å². The zero-order valence-electron chi connectivity index (χ0n) is 15.5. The number of hydrogen-bond acceptors (Lipinski definition) is 3. The Hall–Kier alpha value is -2.82. The van der Waals surface area contributed by atoms with E-state index in [2.05, 4.69) is 16.9 Å². The van der Waals surface area contributed by atoms with E-state index in [0.29, 0.717) is 13.0 Å². The van der Waals surface area contributed by atoms with E-state index in [0.717, 1.165) is 22.7 Å². The molecule has 0 saturated carbocycles. The minimum Gasteiger partial charge on any atom is -0.380 e. The zero-order valence-corrected chi connectivity index (χ0v) is 15.5. The maximum absolute atomic E-state index is 11.6. The fraction of sp³-hybridized carbons (Fsp3) is 0.300. The molecule has 0 fully saturated rings. The van der Waals surface area contributed by atoms with Crippen LogP contribution in [0.5, 0.6) is 0 Å². The summed E-state index contributed by atoms with van der Waals surface area (Å²) in [6, 6.07) is 0. The second-order valence-corrected chi connectivity index (χ2v) is 5.88. The molecule has 0 bridgehead atoms. The Kier molecular flexibility index (Phi) is 8.19. The van der Waals surface area contributed by atoms with Gasteiger partial charge in [0.25, 0.3) is 0 Å². The molecule has 0 atom stereocenters. The normalized spacial score (nSPS) is 13.0. The fourth-order valence-corrected chi connectivity index (χ4v) is 2.04. The third kappa shape index (κ3) is 6.67. The Bertz CT molecular complexity index is 785. The van der Waals surface area contributed by atoms with E-state index in [1.807, 2.05) is 57.2 Å². The summed E-state index contributed by atoms with van der Waals surface area (Å²) >= 11 is 0. The molecular weight excluding hydrogens is 312 g/mol. The molecule has 0 amide bonds. The lowest BCUT2D eigenvalue weighted by Crippen LogP contribution is -2.16. The summed E-state index contributed by atoms with van der Waals surface area (Å²) < 4.78 is 1.57. The van der Waals surface area contributed by atoms with Crippen molar-refractivity contribution in [1.29, 1.82) is 5.41 Å². The average Bonchev–Trinajstić information content (AvgIpc) is 2.85. The average molecular weight is 340 g/mol. The van der Waals surface area contributed by atoms with E-state index in [4.69, 9.17) is 5.41 Å². The largest absolute Gasteiger partial charge is 0.380 e. The zero-order chi connectivity index (χ0) is 18.8. The molecular formula is C20H28N4O. The van der Waals surface area contributed by atoms with Crippen molar-refractivity contribution in [2.75, 3.05) is 6.54 Å². The Balaban J connectivity index is 2.63. The highest BCUT2D eigenvalue weighted by Crippen LogP contribution is 2.09. The van der Waals surface area contributed by atoms with E-state index in [1.54, 1.807) is 11.6 Å². The van der Waals surface area contributed by atoms with Gasteiger partial charge in [-0.15, -0.1) is 0 Å². The van der Waals surface area contributed by atoms with Crippen molar-refractivity contribution >= 4 is 12.3 Å². The summed E-state index contributed by atoms with van der Waals surface area (Å²) in [6.45, 7) is 10.6. The lowest BCUT2D eigenvalue weighted by Gasteiger charge is -2.07. The summed E-state index contributed by atoms with van der Waals surface area (Å²) in [7, 11) is 1.73. The third-order valence-electron chi connectivity index (χ3n) is 3.81. The topological polar surface area (TPSA) is 73.7 Å². The fourth-order valence-electron chi connectivity index (χ4n) is 2.04. The molecule has 1 aromatic rings. The smallest absolute Gasteiger partial charge is 0.325 e. The molecule has 0 aliphatic carbocycles. The van der Waals surface area contributed by atoms with Gasteiger partial charge in [0.1, 0.15) is 0 Å². The monoisotopic (exact) mass is 340 g/mol. The minimum absolute atomic E-state index is 0.126. The first-order valence-electron chi connectivity index (χ1n) is 8.23. The third-order valence-corrected chi connectivity index (χ3v) is 3.81. The molecule has 5 heteroatoms. The Morgan fingerprint density at radius 1 is 1.44 bits per heavy atom. The Morgan fingerprint density at radius 2 is 2.16 bits per heavy atom. The quantitative estimate of drug-likeness (QED) is 0.474.